The number of rotatable bonds is 9. The van der Waals surface area contributed by atoms with Crippen molar-refractivity contribution < 1.29 is 9.47 Å². The minimum Gasteiger partial charge on any atom is -0.477 e. The van der Waals surface area contributed by atoms with Gasteiger partial charge in [0.15, 0.2) is 0 Å². The average Bonchev–Trinajstić information content (AvgIpc) is 2.54. The van der Waals surface area contributed by atoms with Crippen LogP contribution in [0.5, 0.6) is 17.8 Å². The zero-order valence-electron chi connectivity index (χ0n) is 14.4. The molecule has 0 radical (unpaired) electrons. The van der Waals surface area contributed by atoms with Crippen LogP contribution in [-0.2, 0) is 0 Å². The first-order valence-corrected chi connectivity index (χ1v) is 8.01. The summed E-state index contributed by atoms with van der Waals surface area (Å²) in [6.07, 6.45) is 0.906. The molecule has 0 aromatic carbocycles. The Morgan fingerprint density at radius 3 is 2.33 bits per heavy atom. The van der Waals surface area contributed by atoms with Gasteiger partial charge < -0.3 is 20.1 Å². The molecule has 2 heterocycles. The highest BCUT2D eigenvalue weighted by Gasteiger charge is 2.10. The Morgan fingerprint density at radius 1 is 1.00 bits per heavy atom. The highest BCUT2D eigenvalue weighted by Crippen LogP contribution is 2.19. The quantitative estimate of drug-likeness (QED) is 0.715. The highest BCUT2D eigenvalue weighted by atomic mass is 16.5. The Bertz CT molecular complexity index is 634. The topological polar surface area (TPSA) is 107 Å². The Kier molecular flexibility index (Phi) is 6.47. The van der Waals surface area contributed by atoms with Crippen molar-refractivity contribution in [3.63, 3.8) is 0 Å². The van der Waals surface area contributed by atoms with Gasteiger partial charge in [-0.05, 0) is 27.2 Å². The van der Waals surface area contributed by atoms with Gasteiger partial charge >= 0.3 is 6.01 Å². The van der Waals surface area contributed by atoms with Gasteiger partial charge in [-0.3, -0.25) is 0 Å². The van der Waals surface area contributed by atoms with Crippen LogP contribution in [0, 0.1) is 0 Å². The normalized spacial score (nSPS) is 10.5. The molecule has 0 aliphatic carbocycles. The van der Waals surface area contributed by atoms with E-state index in [2.05, 4.69) is 35.8 Å². The Labute approximate surface area is 141 Å². The summed E-state index contributed by atoms with van der Waals surface area (Å²) in [6, 6.07) is 3.67. The van der Waals surface area contributed by atoms with Crippen LogP contribution in [0.4, 0.5) is 11.9 Å². The fraction of sp³-hybridized carbons (Fsp3) is 0.533. The van der Waals surface area contributed by atoms with E-state index in [1.54, 1.807) is 12.1 Å². The van der Waals surface area contributed by atoms with E-state index >= 15 is 0 Å². The monoisotopic (exact) mass is 333 g/mol. The smallest absolute Gasteiger partial charge is 0.330 e. The molecule has 0 aliphatic rings. The molecule has 0 amide bonds. The van der Waals surface area contributed by atoms with Crippen LogP contribution in [0.15, 0.2) is 12.1 Å². The molecule has 24 heavy (non-hydrogen) atoms. The molecule has 0 saturated heterocycles. The van der Waals surface area contributed by atoms with E-state index in [1.165, 1.54) is 0 Å². The summed E-state index contributed by atoms with van der Waals surface area (Å²) in [6.45, 7) is 9.26. The molecule has 2 aromatic rings. The molecule has 2 N–H and O–H groups in total. The fourth-order valence-electron chi connectivity index (χ4n) is 1.70. The van der Waals surface area contributed by atoms with Crippen LogP contribution in [0.25, 0.3) is 0 Å². The molecule has 0 bridgehead atoms. The van der Waals surface area contributed by atoms with Crippen LogP contribution < -0.4 is 20.1 Å². The largest absolute Gasteiger partial charge is 0.477 e. The lowest BCUT2D eigenvalue weighted by atomic mass is 10.4. The Hall–Kier alpha value is -2.71. The van der Waals surface area contributed by atoms with Crippen molar-refractivity contribution in [1.82, 2.24) is 25.1 Å². The van der Waals surface area contributed by atoms with Crippen LogP contribution in [-0.4, -0.2) is 44.3 Å². The lowest BCUT2D eigenvalue weighted by molar-refractivity contribution is 0.298. The maximum absolute atomic E-state index is 5.58. The van der Waals surface area contributed by atoms with Crippen LogP contribution in [0.1, 0.15) is 34.1 Å². The molecule has 0 spiro atoms. The summed E-state index contributed by atoms with van der Waals surface area (Å²) in [4.78, 5) is 12.7. The summed E-state index contributed by atoms with van der Waals surface area (Å²) < 4.78 is 11.0. The first-order valence-electron chi connectivity index (χ1n) is 8.01. The third-order valence-corrected chi connectivity index (χ3v) is 2.63. The third kappa shape index (κ3) is 5.49. The van der Waals surface area contributed by atoms with Gasteiger partial charge in [-0.2, -0.15) is 15.0 Å². The molecule has 2 rings (SSSR count). The molecule has 0 atom stereocenters. The molecule has 9 heteroatoms. The Balaban J connectivity index is 2.13. The lowest BCUT2D eigenvalue weighted by Gasteiger charge is -2.11. The molecule has 130 valence electrons. The van der Waals surface area contributed by atoms with E-state index in [-0.39, 0.29) is 17.9 Å². The van der Waals surface area contributed by atoms with Crippen molar-refractivity contribution in [1.29, 1.82) is 0 Å². The second kappa shape index (κ2) is 8.80. The van der Waals surface area contributed by atoms with Crippen molar-refractivity contribution in [2.45, 2.75) is 40.2 Å². The van der Waals surface area contributed by atoms with Gasteiger partial charge in [0.05, 0.1) is 6.61 Å². The number of nitrogens with zero attached hydrogens (tertiary/aromatic N) is 5. The maximum atomic E-state index is 5.58. The minimum atomic E-state index is 0.139. The van der Waals surface area contributed by atoms with Crippen molar-refractivity contribution in [3.8, 4) is 17.8 Å². The van der Waals surface area contributed by atoms with E-state index in [0.717, 1.165) is 6.42 Å². The zero-order chi connectivity index (χ0) is 17.4. The number of anilines is 2. The summed E-state index contributed by atoms with van der Waals surface area (Å²) in [5, 5.41) is 14.1. The predicted molar refractivity (Wildman–Crippen MR) is 90.6 cm³/mol. The number of aromatic nitrogens is 5. The van der Waals surface area contributed by atoms with Crippen molar-refractivity contribution in [2.24, 2.45) is 0 Å². The number of ether oxygens (including phenoxy) is 2. The highest BCUT2D eigenvalue weighted by molar-refractivity contribution is 5.37. The SMILES string of the molecule is CCCOc1ccc(Oc2nc(NCC)nc(NC(C)C)n2)nn1. The Morgan fingerprint density at radius 2 is 1.71 bits per heavy atom. The van der Waals surface area contributed by atoms with Crippen LogP contribution >= 0.6 is 0 Å². The molecular formula is C15H23N7O2. The van der Waals surface area contributed by atoms with E-state index in [1.807, 2.05) is 27.7 Å². The van der Waals surface area contributed by atoms with Crippen molar-refractivity contribution in [3.05, 3.63) is 12.1 Å². The van der Waals surface area contributed by atoms with Gasteiger partial charge in [0.2, 0.25) is 23.7 Å². The van der Waals surface area contributed by atoms with Gasteiger partial charge in [0.25, 0.3) is 0 Å². The van der Waals surface area contributed by atoms with Gasteiger partial charge in [-0.25, -0.2) is 0 Å². The molecule has 0 aliphatic heterocycles. The van der Waals surface area contributed by atoms with E-state index in [9.17, 15) is 0 Å². The molecule has 9 nitrogen and oxygen atoms in total. The van der Waals surface area contributed by atoms with E-state index in [4.69, 9.17) is 9.47 Å². The predicted octanol–water partition coefficient (Wildman–Crippen LogP) is 2.49. The van der Waals surface area contributed by atoms with Crippen LogP contribution in [0.2, 0.25) is 0 Å². The van der Waals surface area contributed by atoms with Gasteiger partial charge in [0, 0.05) is 24.7 Å². The van der Waals surface area contributed by atoms with E-state index in [0.29, 0.717) is 30.9 Å². The molecule has 0 unspecified atom stereocenters. The fourth-order valence-corrected chi connectivity index (χ4v) is 1.70. The van der Waals surface area contributed by atoms with Crippen molar-refractivity contribution >= 4 is 11.9 Å². The van der Waals surface area contributed by atoms with Gasteiger partial charge in [-0.1, -0.05) is 6.92 Å². The summed E-state index contributed by atoms with van der Waals surface area (Å²) in [5.41, 5.74) is 0. The molecule has 0 fully saturated rings. The maximum Gasteiger partial charge on any atom is 0.330 e. The van der Waals surface area contributed by atoms with Crippen LogP contribution in [0.3, 0.4) is 0 Å². The summed E-state index contributed by atoms with van der Waals surface area (Å²) in [5.74, 6) is 1.60. The van der Waals surface area contributed by atoms with E-state index < -0.39 is 0 Å². The zero-order valence-corrected chi connectivity index (χ0v) is 14.4. The molecule has 2 aromatic heterocycles. The minimum absolute atomic E-state index is 0.139. The first-order chi connectivity index (χ1) is 11.6. The summed E-state index contributed by atoms with van der Waals surface area (Å²) in [7, 11) is 0. The standard InChI is InChI=1S/C15H23N7O2/c1-5-9-23-11-7-8-12(22-21-11)24-15-19-13(16-6-2)18-14(20-15)17-10(3)4/h7-8,10H,5-6,9H2,1-4H3,(H2,16,17,18,19,20). The first kappa shape index (κ1) is 17.6. The second-order valence-electron chi connectivity index (χ2n) is 5.25. The lowest BCUT2D eigenvalue weighted by Crippen LogP contribution is -2.15. The van der Waals surface area contributed by atoms with Gasteiger partial charge in [0.1, 0.15) is 0 Å². The van der Waals surface area contributed by atoms with Gasteiger partial charge in [-0.15, -0.1) is 10.2 Å². The number of hydrogen-bond acceptors (Lipinski definition) is 9. The third-order valence-electron chi connectivity index (χ3n) is 2.63. The number of nitrogens with one attached hydrogen (secondary N) is 2. The molecular weight excluding hydrogens is 310 g/mol. The molecule has 0 saturated carbocycles. The van der Waals surface area contributed by atoms with Crippen molar-refractivity contribution in [2.75, 3.05) is 23.8 Å². The summed E-state index contributed by atoms with van der Waals surface area (Å²) >= 11 is 0. The average molecular weight is 333 g/mol. The second-order valence-corrected chi connectivity index (χ2v) is 5.25. The number of hydrogen-bond donors (Lipinski definition) is 2.